The van der Waals surface area contributed by atoms with Crippen molar-refractivity contribution in [3.8, 4) is 0 Å². The Morgan fingerprint density at radius 2 is 1.64 bits per heavy atom. The molecule has 1 nitrogen and oxygen atoms in total. The van der Waals surface area contributed by atoms with E-state index in [4.69, 9.17) is 0 Å². The molecule has 0 saturated heterocycles. The molecular formula is C17H13BrF3N. The normalized spacial score (nSPS) is 15.9. The Bertz CT molecular complexity index is 701. The van der Waals surface area contributed by atoms with Gasteiger partial charge in [0.25, 0.3) is 0 Å². The third kappa shape index (κ3) is 3.40. The van der Waals surface area contributed by atoms with Gasteiger partial charge in [-0.1, -0.05) is 40.2 Å². The van der Waals surface area contributed by atoms with Crippen LogP contribution < -0.4 is 0 Å². The summed E-state index contributed by atoms with van der Waals surface area (Å²) in [7, 11) is 0. The number of rotatable bonds is 3. The fourth-order valence-electron chi connectivity index (χ4n) is 2.38. The summed E-state index contributed by atoms with van der Waals surface area (Å²) in [6.07, 6.45) is -2.60. The van der Waals surface area contributed by atoms with Crippen molar-refractivity contribution in [2.24, 2.45) is 4.99 Å². The maximum absolute atomic E-state index is 13.5. The van der Waals surface area contributed by atoms with Gasteiger partial charge in [-0.05, 0) is 48.6 Å². The smallest absolute Gasteiger partial charge is 0.243 e. The predicted octanol–water partition coefficient (Wildman–Crippen LogP) is 6.01. The Hall–Kier alpha value is -1.62. The second-order valence-corrected chi connectivity index (χ2v) is 6.21. The Balaban J connectivity index is 2.10. The summed E-state index contributed by atoms with van der Waals surface area (Å²) in [5, 5.41) is 0. The van der Waals surface area contributed by atoms with Crippen molar-refractivity contribution >= 4 is 27.3 Å². The molecule has 0 spiro atoms. The SMILES string of the molecule is FC(F)(F)C(=Nc1ccc(Br)cc1)c1ccccc1C1CC1. The summed E-state index contributed by atoms with van der Waals surface area (Å²) in [4.78, 5) is 3.88. The first-order valence-electron chi connectivity index (χ1n) is 6.96. The molecule has 0 atom stereocenters. The average molecular weight is 368 g/mol. The quantitative estimate of drug-likeness (QED) is 0.589. The average Bonchev–Trinajstić information content (AvgIpc) is 3.30. The lowest BCUT2D eigenvalue weighted by Crippen LogP contribution is -2.25. The lowest BCUT2D eigenvalue weighted by Gasteiger charge is -2.14. The third-order valence-electron chi connectivity index (χ3n) is 3.57. The highest BCUT2D eigenvalue weighted by atomic mass is 79.9. The molecule has 5 heteroatoms. The topological polar surface area (TPSA) is 12.4 Å². The molecule has 0 bridgehead atoms. The number of hydrogen-bond acceptors (Lipinski definition) is 1. The molecule has 0 aromatic heterocycles. The molecule has 0 amide bonds. The van der Waals surface area contributed by atoms with E-state index >= 15 is 0 Å². The van der Waals surface area contributed by atoms with Gasteiger partial charge in [-0.3, -0.25) is 0 Å². The fourth-order valence-corrected chi connectivity index (χ4v) is 2.65. The minimum Gasteiger partial charge on any atom is -0.243 e. The number of benzene rings is 2. The molecule has 0 aliphatic heterocycles. The number of aliphatic imine (C=N–C) groups is 1. The lowest BCUT2D eigenvalue weighted by atomic mass is 9.99. The molecule has 22 heavy (non-hydrogen) atoms. The second kappa shape index (κ2) is 5.88. The largest absolute Gasteiger partial charge is 0.433 e. The van der Waals surface area contributed by atoms with Gasteiger partial charge < -0.3 is 0 Å². The number of hydrogen-bond donors (Lipinski definition) is 0. The minimum atomic E-state index is -4.49. The van der Waals surface area contributed by atoms with E-state index in [1.54, 1.807) is 42.5 Å². The van der Waals surface area contributed by atoms with Gasteiger partial charge in [0.1, 0.15) is 0 Å². The van der Waals surface area contributed by atoms with Gasteiger partial charge in [-0.2, -0.15) is 13.2 Å². The number of nitrogens with zero attached hydrogens (tertiary/aromatic N) is 1. The number of halogens is 4. The van der Waals surface area contributed by atoms with Crippen molar-refractivity contribution in [2.45, 2.75) is 24.9 Å². The highest BCUT2D eigenvalue weighted by Gasteiger charge is 2.39. The summed E-state index contributed by atoms with van der Waals surface area (Å²) in [5.74, 6) is 0.230. The van der Waals surface area contributed by atoms with E-state index in [0.717, 1.165) is 22.9 Å². The molecule has 1 fully saturated rings. The van der Waals surface area contributed by atoms with Crippen molar-refractivity contribution in [3.63, 3.8) is 0 Å². The molecule has 114 valence electrons. The first-order valence-corrected chi connectivity index (χ1v) is 7.75. The van der Waals surface area contributed by atoms with Crippen LogP contribution in [0.25, 0.3) is 0 Å². The van der Waals surface area contributed by atoms with E-state index in [2.05, 4.69) is 20.9 Å². The van der Waals surface area contributed by atoms with Crippen molar-refractivity contribution < 1.29 is 13.2 Å². The van der Waals surface area contributed by atoms with Gasteiger partial charge in [0.15, 0.2) is 5.71 Å². The van der Waals surface area contributed by atoms with E-state index in [0.29, 0.717) is 5.69 Å². The molecule has 0 N–H and O–H groups in total. The highest BCUT2D eigenvalue weighted by molar-refractivity contribution is 9.10. The predicted molar refractivity (Wildman–Crippen MR) is 84.8 cm³/mol. The molecular weight excluding hydrogens is 355 g/mol. The molecule has 3 rings (SSSR count). The first kappa shape index (κ1) is 15.3. The maximum atomic E-state index is 13.5. The van der Waals surface area contributed by atoms with Crippen LogP contribution in [0.5, 0.6) is 0 Å². The van der Waals surface area contributed by atoms with Gasteiger partial charge >= 0.3 is 6.18 Å². The lowest BCUT2D eigenvalue weighted by molar-refractivity contribution is -0.0580. The molecule has 1 saturated carbocycles. The first-order chi connectivity index (χ1) is 10.4. The van der Waals surface area contributed by atoms with Gasteiger partial charge in [0.05, 0.1) is 5.69 Å². The standard InChI is InChI=1S/C17H13BrF3N/c18-12-7-9-13(10-8-12)22-16(17(19,20)21)15-4-2-1-3-14(15)11-5-6-11/h1-4,7-11H,5-6H2. The monoisotopic (exact) mass is 367 g/mol. The summed E-state index contributed by atoms with van der Waals surface area (Å²) in [6.45, 7) is 0. The van der Waals surface area contributed by atoms with E-state index in [-0.39, 0.29) is 11.5 Å². The zero-order chi connectivity index (χ0) is 15.7. The van der Waals surface area contributed by atoms with E-state index < -0.39 is 11.9 Å². The number of alkyl halides is 3. The summed E-state index contributed by atoms with van der Waals surface area (Å²) in [6, 6.07) is 13.2. The summed E-state index contributed by atoms with van der Waals surface area (Å²) < 4.78 is 41.3. The van der Waals surface area contributed by atoms with E-state index in [1.165, 1.54) is 6.07 Å². The molecule has 2 aromatic rings. The minimum absolute atomic E-state index is 0.195. The van der Waals surface area contributed by atoms with Gasteiger partial charge in [-0.15, -0.1) is 0 Å². The van der Waals surface area contributed by atoms with Crippen LogP contribution in [-0.4, -0.2) is 11.9 Å². The summed E-state index contributed by atoms with van der Waals surface area (Å²) >= 11 is 3.26. The van der Waals surface area contributed by atoms with Crippen molar-refractivity contribution in [3.05, 3.63) is 64.1 Å². The van der Waals surface area contributed by atoms with Crippen LogP contribution in [0.15, 0.2) is 58.0 Å². The van der Waals surface area contributed by atoms with Crippen molar-refractivity contribution in [2.75, 3.05) is 0 Å². The molecule has 0 radical (unpaired) electrons. The maximum Gasteiger partial charge on any atom is 0.433 e. The third-order valence-corrected chi connectivity index (χ3v) is 4.10. The Labute approximate surface area is 135 Å². The molecule has 0 unspecified atom stereocenters. The van der Waals surface area contributed by atoms with Crippen LogP contribution in [-0.2, 0) is 0 Å². The Kier molecular flexibility index (Phi) is 4.08. The zero-order valence-electron chi connectivity index (χ0n) is 11.6. The fraction of sp³-hybridized carbons (Fsp3) is 0.235. The van der Waals surface area contributed by atoms with E-state index in [9.17, 15) is 13.2 Å². The summed E-state index contributed by atoms with van der Waals surface area (Å²) in [5.41, 5.74) is 0.412. The van der Waals surface area contributed by atoms with Crippen LogP contribution in [0, 0.1) is 0 Å². The molecule has 0 heterocycles. The van der Waals surface area contributed by atoms with Crippen molar-refractivity contribution in [1.82, 2.24) is 0 Å². The van der Waals surface area contributed by atoms with Crippen LogP contribution in [0.4, 0.5) is 18.9 Å². The van der Waals surface area contributed by atoms with Crippen LogP contribution >= 0.6 is 15.9 Å². The Morgan fingerprint density at radius 1 is 1.00 bits per heavy atom. The molecule has 1 aliphatic carbocycles. The Morgan fingerprint density at radius 3 is 2.23 bits per heavy atom. The van der Waals surface area contributed by atoms with Crippen molar-refractivity contribution in [1.29, 1.82) is 0 Å². The molecule has 1 aliphatic rings. The van der Waals surface area contributed by atoms with E-state index in [1.807, 2.05) is 0 Å². The van der Waals surface area contributed by atoms with Gasteiger partial charge in [0.2, 0.25) is 0 Å². The zero-order valence-corrected chi connectivity index (χ0v) is 13.2. The highest BCUT2D eigenvalue weighted by Crippen LogP contribution is 2.43. The second-order valence-electron chi connectivity index (χ2n) is 5.30. The van der Waals surface area contributed by atoms with Gasteiger partial charge in [0, 0.05) is 10.0 Å². The van der Waals surface area contributed by atoms with Gasteiger partial charge in [-0.25, -0.2) is 4.99 Å². The van der Waals surface area contributed by atoms with Crippen LogP contribution in [0.3, 0.4) is 0 Å². The van der Waals surface area contributed by atoms with Crippen LogP contribution in [0.2, 0.25) is 0 Å². The van der Waals surface area contributed by atoms with Crippen LogP contribution in [0.1, 0.15) is 29.9 Å². The molecule has 2 aromatic carbocycles.